The molecule has 0 aromatic carbocycles. The van der Waals surface area contributed by atoms with Gasteiger partial charge in [0, 0.05) is 6.42 Å². The average Bonchev–Trinajstić information content (AvgIpc) is 1.98. The zero-order valence-electron chi connectivity index (χ0n) is 8.38. The van der Waals surface area contributed by atoms with Crippen molar-refractivity contribution in [1.29, 1.82) is 0 Å². The summed E-state index contributed by atoms with van der Waals surface area (Å²) >= 11 is 0. The molecule has 98 valence electrons. The first kappa shape index (κ1) is 16.2. The molecule has 5 N–H and O–H groups in total. The highest BCUT2D eigenvalue weighted by Gasteiger charge is 2.33. The van der Waals surface area contributed by atoms with Crippen molar-refractivity contribution in [2.75, 3.05) is 13.2 Å². The van der Waals surface area contributed by atoms with E-state index in [1.54, 1.807) is 0 Å². The molecule has 0 saturated carbocycles. The van der Waals surface area contributed by atoms with Crippen LogP contribution in [0.3, 0.4) is 0 Å². The second-order valence-corrected chi connectivity index (χ2v) is 6.11. The van der Waals surface area contributed by atoms with E-state index in [1.165, 1.54) is 6.92 Å². The molecule has 0 aliphatic heterocycles. The first-order valence-corrected chi connectivity index (χ1v) is 7.07. The van der Waals surface area contributed by atoms with E-state index >= 15 is 0 Å². The predicted molar refractivity (Wildman–Crippen MR) is 51.2 cm³/mol. The molecule has 0 bridgehead atoms. The Morgan fingerprint density at radius 1 is 1.25 bits per heavy atom. The van der Waals surface area contributed by atoms with Crippen LogP contribution >= 0.6 is 15.6 Å². The molecule has 9 nitrogen and oxygen atoms in total. The lowest BCUT2D eigenvalue weighted by molar-refractivity contribution is -0.0159. The van der Waals surface area contributed by atoms with Gasteiger partial charge < -0.3 is 24.9 Å². The van der Waals surface area contributed by atoms with E-state index in [0.29, 0.717) is 0 Å². The Morgan fingerprint density at radius 2 is 1.75 bits per heavy atom. The van der Waals surface area contributed by atoms with Gasteiger partial charge in [-0.3, -0.25) is 4.52 Å². The summed E-state index contributed by atoms with van der Waals surface area (Å²) < 4.78 is 28.8. The van der Waals surface area contributed by atoms with Crippen LogP contribution in [0.25, 0.3) is 0 Å². The summed E-state index contributed by atoms with van der Waals surface area (Å²) in [5.74, 6) is 0. The number of hydrogen-bond acceptors (Lipinski definition) is 6. The molecule has 0 rings (SSSR count). The van der Waals surface area contributed by atoms with Gasteiger partial charge in [0.1, 0.15) is 0 Å². The number of aliphatic hydroxyl groups is 2. The van der Waals surface area contributed by atoms with Crippen molar-refractivity contribution in [2.45, 2.75) is 18.9 Å². The molecule has 0 aliphatic rings. The number of rotatable bonds is 7. The van der Waals surface area contributed by atoms with E-state index < -0.39 is 34.5 Å². The van der Waals surface area contributed by atoms with E-state index in [4.69, 9.17) is 19.8 Å². The molecule has 0 amide bonds. The van der Waals surface area contributed by atoms with Crippen LogP contribution in [0, 0.1) is 0 Å². The third kappa shape index (κ3) is 8.35. The Kier molecular flexibility index (Phi) is 5.74. The maximum atomic E-state index is 10.9. The minimum absolute atomic E-state index is 0.210. The van der Waals surface area contributed by atoms with Crippen molar-refractivity contribution in [2.24, 2.45) is 0 Å². The van der Waals surface area contributed by atoms with E-state index in [1.807, 2.05) is 0 Å². The van der Waals surface area contributed by atoms with Gasteiger partial charge in [-0.05, 0) is 6.92 Å². The molecule has 0 aromatic heterocycles. The average molecular weight is 280 g/mol. The zero-order valence-corrected chi connectivity index (χ0v) is 10.2. The summed E-state index contributed by atoms with van der Waals surface area (Å²) in [6.45, 7) is 0.148. The van der Waals surface area contributed by atoms with E-state index in [9.17, 15) is 14.2 Å². The summed E-state index contributed by atoms with van der Waals surface area (Å²) in [4.78, 5) is 25.3. The predicted octanol–water partition coefficient (Wildman–Crippen LogP) is -0.654. The number of aliphatic hydroxyl groups excluding tert-OH is 1. The first-order chi connectivity index (χ1) is 6.97. The van der Waals surface area contributed by atoms with Crippen molar-refractivity contribution in [1.82, 2.24) is 0 Å². The fourth-order valence-electron chi connectivity index (χ4n) is 0.618. The Hall–Kier alpha value is 0.180. The summed E-state index contributed by atoms with van der Waals surface area (Å²) in [7, 11) is -9.99. The van der Waals surface area contributed by atoms with Gasteiger partial charge in [0.2, 0.25) is 0 Å². The molecule has 0 aromatic rings. The lowest BCUT2D eigenvalue weighted by Gasteiger charge is -2.20. The fourth-order valence-corrected chi connectivity index (χ4v) is 2.20. The van der Waals surface area contributed by atoms with Crippen molar-refractivity contribution in [3.63, 3.8) is 0 Å². The normalized spacial score (nSPS) is 20.1. The standard InChI is InChI=1S/C5H14O9P2/c1-5(7,4-6)2-3-13-16(11,12)14-15(8,9)10/h6-7H,2-4H2,1H3,(H,11,12)(H2,8,9,10)/t5-/m0/s1. The molecule has 0 aliphatic carbocycles. The quantitative estimate of drug-likeness (QED) is 0.382. The van der Waals surface area contributed by atoms with Gasteiger partial charge in [0.15, 0.2) is 0 Å². The molecule has 0 saturated heterocycles. The van der Waals surface area contributed by atoms with Crippen LogP contribution in [-0.4, -0.2) is 43.7 Å². The summed E-state index contributed by atoms with van der Waals surface area (Å²) in [5.41, 5.74) is -1.51. The molecular formula is C5H14O9P2. The molecule has 16 heavy (non-hydrogen) atoms. The maximum absolute atomic E-state index is 10.9. The van der Waals surface area contributed by atoms with Gasteiger partial charge in [-0.15, -0.1) is 0 Å². The van der Waals surface area contributed by atoms with Crippen molar-refractivity contribution >= 4 is 15.6 Å². The number of phosphoric acid groups is 2. The van der Waals surface area contributed by atoms with Crippen LogP contribution in [0.15, 0.2) is 0 Å². The third-order valence-electron chi connectivity index (χ3n) is 1.45. The molecule has 0 fully saturated rings. The smallest absolute Gasteiger partial charge is 0.393 e. The van der Waals surface area contributed by atoms with E-state index in [-0.39, 0.29) is 6.42 Å². The van der Waals surface area contributed by atoms with Crippen LogP contribution in [-0.2, 0) is 18.0 Å². The highest BCUT2D eigenvalue weighted by atomic mass is 31.3. The zero-order chi connectivity index (χ0) is 13.0. The van der Waals surface area contributed by atoms with Crippen LogP contribution < -0.4 is 0 Å². The largest absolute Gasteiger partial charge is 0.481 e. The molecule has 0 radical (unpaired) electrons. The highest BCUT2D eigenvalue weighted by Crippen LogP contribution is 2.57. The van der Waals surface area contributed by atoms with Crippen LogP contribution in [0.1, 0.15) is 13.3 Å². The SMILES string of the molecule is C[C@@](O)(CO)CCOP(=O)(O)OP(=O)(O)O. The van der Waals surface area contributed by atoms with E-state index in [2.05, 4.69) is 8.83 Å². The third-order valence-corrected chi connectivity index (χ3v) is 3.63. The van der Waals surface area contributed by atoms with Crippen LogP contribution in [0.4, 0.5) is 0 Å². The highest BCUT2D eigenvalue weighted by molar-refractivity contribution is 7.60. The van der Waals surface area contributed by atoms with Gasteiger partial charge in [0.25, 0.3) is 0 Å². The van der Waals surface area contributed by atoms with Crippen molar-refractivity contribution in [3.05, 3.63) is 0 Å². The Balaban J connectivity index is 4.11. The second kappa shape index (κ2) is 5.68. The molecule has 2 atom stereocenters. The van der Waals surface area contributed by atoms with Crippen LogP contribution in [0.5, 0.6) is 0 Å². The lowest BCUT2D eigenvalue weighted by atomic mass is 10.1. The van der Waals surface area contributed by atoms with Gasteiger partial charge >= 0.3 is 15.6 Å². The summed E-state index contributed by atoms with van der Waals surface area (Å²) in [5, 5.41) is 17.9. The fraction of sp³-hybridized carbons (Fsp3) is 1.00. The van der Waals surface area contributed by atoms with Gasteiger partial charge in [0.05, 0.1) is 18.8 Å². The molecular weight excluding hydrogens is 266 g/mol. The Labute approximate surface area is 91.5 Å². The minimum atomic E-state index is -5.13. The number of phosphoric ester groups is 1. The topological polar surface area (TPSA) is 154 Å². The molecule has 0 spiro atoms. The summed E-state index contributed by atoms with van der Waals surface area (Å²) in [6.07, 6.45) is -0.210. The maximum Gasteiger partial charge on any atom is 0.481 e. The van der Waals surface area contributed by atoms with Gasteiger partial charge in [-0.2, -0.15) is 4.31 Å². The molecule has 11 heteroatoms. The van der Waals surface area contributed by atoms with Gasteiger partial charge in [-0.1, -0.05) is 0 Å². The van der Waals surface area contributed by atoms with Crippen molar-refractivity contribution < 1.29 is 42.9 Å². The molecule has 0 heterocycles. The number of hydrogen-bond donors (Lipinski definition) is 5. The second-order valence-electron chi connectivity index (χ2n) is 3.28. The lowest BCUT2D eigenvalue weighted by Crippen LogP contribution is -2.30. The van der Waals surface area contributed by atoms with Crippen LogP contribution in [0.2, 0.25) is 0 Å². The van der Waals surface area contributed by atoms with Crippen molar-refractivity contribution in [3.8, 4) is 0 Å². The van der Waals surface area contributed by atoms with E-state index in [0.717, 1.165) is 0 Å². The monoisotopic (exact) mass is 280 g/mol. The molecule has 1 unspecified atom stereocenters. The first-order valence-electron chi connectivity index (χ1n) is 4.05. The summed E-state index contributed by atoms with van der Waals surface area (Å²) in [6, 6.07) is 0. The Morgan fingerprint density at radius 3 is 2.12 bits per heavy atom. The van der Waals surface area contributed by atoms with Gasteiger partial charge in [-0.25, -0.2) is 9.13 Å². The Bertz CT molecular complexity index is 307. The minimum Gasteiger partial charge on any atom is -0.393 e.